The molecule has 0 saturated heterocycles. The van der Waals surface area contributed by atoms with Crippen LogP contribution in [0.1, 0.15) is 19.3 Å². The molecule has 4 atom stereocenters. The van der Waals surface area contributed by atoms with E-state index in [9.17, 15) is 5.11 Å². The second-order valence-electron chi connectivity index (χ2n) is 4.83. The fraction of sp³-hybridized carbons (Fsp3) is 0.833. The van der Waals surface area contributed by atoms with Crippen molar-refractivity contribution in [2.24, 2.45) is 17.6 Å². The van der Waals surface area contributed by atoms with E-state index in [2.05, 4.69) is 6.08 Å². The van der Waals surface area contributed by atoms with E-state index < -0.39 is 5.60 Å². The highest BCUT2D eigenvalue weighted by Gasteiger charge is 2.46. The predicted molar refractivity (Wildman–Crippen MR) is 60.7 cm³/mol. The summed E-state index contributed by atoms with van der Waals surface area (Å²) in [5.41, 5.74) is 4.83. The number of nitrogens with two attached hydrogens (primary N) is 1. The average Bonchev–Trinajstić information content (AvgIpc) is 2.62. The smallest absolute Gasteiger partial charge is 0.146 e. The minimum atomic E-state index is -0.712. The number of fused-ring (bicyclic) bond motifs is 2. The van der Waals surface area contributed by atoms with Crippen LogP contribution in [0.25, 0.3) is 0 Å². The van der Waals surface area contributed by atoms with Crippen molar-refractivity contribution in [3.8, 4) is 0 Å². The van der Waals surface area contributed by atoms with Gasteiger partial charge in [0.15, 0.2) is 0 Å². The van der Waals surface area contributed by atoms with Gasteiger partial charge < -0.3 is 20.3 Å². The Labute approximate surface area is 96.4 Å². The van der Waals surface area contributed by atoms with Gasteiger partial charge in [0.05, 0.1) is 11.7 Å². The fourth-order valence-electron chi connectivity index (χ4n) is 2.93. The normalized spacial score (nSPS) is 41.6. The molecule has 2 aliphatic rings. The summed E-state index contributed by atoms with van der Waals surface area (Å²) in [4.78, 5) is 0. The van der Waals surface area contributed by atoms with Crippen LogP contribution in [0.15, 0.2) is 12.2 Å². The summed E-state index contributed by atoms with van der Waals surface area (Å²) in [7, 11) is 1.63. The molecule has 3 N–H and O–H groups in total. The Hall–Kier alpha value is -0.420. The first-order valence-electron chi connectivity index (χ1n) is 5.92. The molecule has 0 aromatic rings. The molecule has 2 rings (SSSR count). The molecule has 0 aliphatic heterocycles. The Morgan fingerprint density at radius 3 is 3.00 bits per heavy atom. The van der Waals surface area contributed by atoms with E-state index in [1.54, 1.807) is 7.11 Å². The van der Waals surface area contributed by atoms with Crippen LogP contribution < -0.4 is 5.73 Å². The Balaban J connectivity index is 1.99. The zero-order valence-electron chi connectivity index (χ0n) is 9.76. The summed E-state index contributed by atoms with van der Waals surface area (Å²) in [6, 6.07) is 0. The number of aliphatic hydroxyl groups is 1. The molecule has 2 aliphatic carbocycles. The van der Waals surface area contributed by atoms with Crippen molar-refractivity contribution in [3.63, 3.8) is 0 Å². The van der Waals surface area contributed by atoms with E-state index in [4.69, 9.17) is 15.2 Å². The maximum absolute atomic E-state index is 10.4. The van der Waals surface area contributed by atoms with Gasteiger partial charge in [0.25, 0.3) is 0 Å². The summed E-state index contributed by atoms with van der Waals surface area (Å²) in [5.74, 6) is 0.714. The summed E-state index contributed by atoms with van der Waals surface area (Å²) in [5, 5.41) is 10.4. The lowest BCUT2D eigenvalue weighted by Gasteiger charge is -2.33. The van der Waals surface area contributed by atoms with Crippen molar-refractivity contribution in [2.45, 2.75) is 31.0 Å². The maximum Gasteiger partial charge on any atom is 0.146 e. The van der Waals surface area contributed by atoms with Gasteiger partial charge >= 0.3 is 0 Å². The standard InChI is InChI=1S/C12H21NO3/c1-15-8-16-11-7-10-6-9(11)2-3-12(10,14)4-5-13/h2-3,9-11,14H,4-8,13H2,1H3/t9-,10+,11+,12-/m1/s1. The van der Waals surface area contributed by atoms with E-state index in [0.29, 0.717) is 25.7 Å². The maximum atomic E-state index is 10.4. The number of hydrogen-bond donors (Lipinski definition) is 2. The average molecular weight is 227 g/mol. The SMILES string of the molecule is COCO[C@H]1C[C@@H]2C[C@H]1C=C[C@@]2(O)CCN. The summed E-state index contributed by atoms with van der Waals surface area (Å²) >= 11 is 0. The van der Waals surface area contributed by atoms with Gasteiger partial charge in [-0.1, -0.05) is 12.2 Å². The summed E-state index contributed by atoms with van der Waals surface area (Å²) in [6.45, 7) is 0.850. The summed E-state index contributed by atoms with van der Waals surface area (Å²) < 4.78 is 10.5. The Bertz CT molecular complexity index is 269. The molecular weight excluding hydrogens is 206 g/mol. The van der Waals surface area contributed by atoms with E-state index in [1.165, 1.54) is 0 Å². The Kier molecular flexibility index (Phi) is 3.64. The zero-order chi connectivity index (χ0) is 11.6. The molecule has 0 radical (unpaired) electrons. The van der Waals surface area contributed by atoms with E-state index >= 15 is 0 Å². The highest BCUT2D eigenvalue weighted by atomic mass is 16.7. The van der Waals surface area contributed by atoms with E-state index in [-0.39, 0.29) is 12.0 Å². The molecule has 0 aromatic carbocycles. The third-order valence-electron chi connectivity index (χ3n) is 3.83. The molecule has 4 nitrogen and oxygen atoms in total. The monoisotopic (exact) mass is 227 g/mol. The third-order valence-corrected chi connectivity index (χ3v) is 3.83. The molecule has 1 fully saturated rings. The molecule has 0 heterocycles. The van der Waals surface area contributed by atoms with Crippen molar-refractivity contribution >= 4 is 0 Å². The van der Waals surface area contributed by atoms with E-state index in [0.717, 1.165) is 12.8 Å². The second kappa shape index (κ2) is 4.84. The third kappa shape index (κ3) is 2.15. The van der Waals surface area contributed by atoms with Crippen molar-refractivity contribution in [2.75, 3.05) is 20.4 Å². The van der Waals surface area contributed by atoms with Gasteiger partial charge in [0.2, 0.25) is 0 Å². The Morgan fingerprint density at radius 1 is 1.50 bits per heavy atom. The van der Waals surface area contributed by atoms with Gasteiger partial charge in [-0.2, -0.15) is 0 Å². The predicted octanol–water partition coefficient (Wildman–Crippen LogP) is 0.651. The van der Waals surface area contributed by atoms with Crippen LogP contribution in [0, 0.1) is 11.8 Å². The van der Waals surface area contributed by atoms with Crippen molar-refractivity contribution in [1.82, 2.24) is 0 Å². The number of hydrogen-bond acceptors (Lipinski definition) is 4. The van der Waals surface area contributed by atoms with Crippen LogP contribution in [-0.2, 0) is 9.47 Å². The fourth-order valence-corrected chi connectivity index (χ4v) is 2.93. The molecule has 92 valence electrons. The topological polar surface area (TPSA) is 64.7 Å². The lowest BCUT2D eigenvalue weighted by atomic mass is 9.79. The lowest BCUT2D eigenvalue weighted by Crippen LogP contribution is -2.38. The molecule has 2 bridgehead atoms. The Morgan fingerprint density at radius 2 is 2.31 bits per heavy atom. The zero-order valence-corrected chi connectivity index (χ0v) is 9.76. The molecule has 0 amide bonds. The van der Waals surface area contributed by atoms with Crippen molar-refractivity contribution in [1.29, 1.82) is 0 Å². The quantitative estimate of drug-likeness (QED) is 0.534. The van der Waals surface area contributed by atoms with Crippen LogP contribution >= 0.6 is 0 Å². The van der Waals surface area contributed by atoms with E-state index in [1.807, 2.05) is 6.08 Å². The van der Waals surface area contributed by atoms with Gasteiger partial charge in [-0.25, -0.2) is 0 Å². The minimum absolute atomic E-state index is 0.188. The molecule has 4 heteroatoms. The highest BCUT2D eigenvalue weighted by Crippen LogP contribution is 2.46. The van der Waals surface area contributed by atoms with Crippen LogP contribution in [0.3, 0.4) is 0 Å². The van der Waals surface area contributed by atoms with Gasteiger partial charge in [-0.15, -0.1) is 0 Å². The first-order chi connectivity index (χ1) is 7.69. The van der Waals surface area contributed by atoms with Crippen LogP contribution in [0.2, 0.25) is 0 Å². The molecule has 16 heavy (non-hydrogen) atoms. The van der Waals surface area contributed by atoms with Gasteiger partial charge in [0.1, 0.15) is 6.79 Å². The van der Waals surface area contributed by atoms with Crippen LogP contribution in [0.5, 0.6) is 0 Å². The first kappa shape index (κ1) is 12.0. The first-order valence-corrected chi connectivity index (χ1v) is 5.92. The van der Waals surface area contributed by atoms with Crippen molar-refractivity contribution < 1.29 is 14.6 Å². The molecular formula is C12H21NO3. The molecule has 0 spiro atoms. The van der Waals surface area contributed by atoms with Crippen LogP contribution in [0.4, 0.5) is 0 Å². The number of ether oxygens (including phenoxy) is 2. The van der Waals surface area contributed by atoms with Gasteiger partial charge in [-0.05, 0) is 31.7 Å². The molecule has 0 aromatic heterocycles. The number of rotatable bonds is 5. The molecule has 0 unspecified atom stereocenters. The van der Waals surface area contributed by atoms with Crippen LogP contribution in [-0.4, -0.2) is 37.3 Å². The summed E-state index contributed by atoms with van der Waals surface area (Å²) in [6.07, 6.45) is 6.73. The van der Waals surface area contributed by atoms with Crippen molar-refractivity contribution in [3.05, 3.63) is 12.2 Å². The van der Waals surface area contributed by atoms with Gasteiger partial charge in [-0.3, -0.25) is 0 Å². The number of methoxy groups -OCH3 is 1. The largest absolute Gasteiger partial charge is 0.385 e. The second-order valence-corrected chi connectivity index (χ2v) is 4.83. The molecule has 1 saturated carbocycles. The highest BCUT2D eigenvalue weighted by molar-refractivity contribution is 5.17. The van der Waals surface area contributed by atoms with Gasteiger partial charge in [0, 0.05) is 13.0 Å². The minimum Gasteiger partial charge on any atom is -0.385 e. The lowest BCUT2D eigenvalue weighted by molar-refractivity contribution is -0.0799.